The number of nitrogens with zero attached hydrogens (tertiary/aromatic N) is 1. The van der Waals surface area contributed by atoms with Crippen LogP contribution in [0.3, 0.4) is 0 Å². The van der Waals surface area contributed by atoms with Crippen molar-refractivity contribution in [3.63, 3.8) is 0 Å². The molecule has 9 nitrogen and oxygen atoms in total. The van der Waals surface area contributed by atoms with Crippen LogP contribution in [0, 0.1) is 5.92 Å². The number of hydrogen-bond acceptors (Lipinski definition) is 5. The van der Waals surface area contributed by atoms with Gasteiger partial charge in [-0.3, -0.25) is 14.9 Å². The van der Waals surface area contributed by atoms with E-state index in [4.69, 9.17) is 0 Å². The van der Waals surface area contributed by atoms with E-state index >= 15 is 0 Å². The molecule has 1 aliphatic rings. The van der Waals surface area contributed by atoms with Gasteiger partial charge >= 0.3 is 12.1 Å². The number of methoxy groups -OCH3 is 1. The predicted molar refractivity (Wildman–Crippen MR) is 110 cm³/mol. The zero-order valence-electron chi connectivity index (χ0n) is 16.4. The summed E-state index contributed by atoms with van der Waals surface area (Å²) in [5, 5.41) is 7.44. The minimum Gasteiger partial charge on any atom is -0.453 e. The van der Waals surface area contributed by atoms with E-state index in [1.807, 2.05) is 13.0 Å². The van der Waals surface area contributed by atoms with Crippen LogP contribution in [0.4, 0.5) is 15.3 Å². The number of likely N-dealkylation sites (tertiary alicyclic amines) is 1. The molecular formula is C19H25BrN4O5. The lowest BCUT2D eigenvalue weighted by Gasteiger charge is -2.25. The van der Waals surface area contributed by atoms with Gasteiger partial charge in [-0.2, -0.15) is 0 Å². The lowest BCUT2D eigenvalue weighted by Crippen LogP contribution is -2.49. The number of urea groups is 1. The summed E-state index contributed by atoms with van der Waals surface area (Å²) in [6.45, 7) is 2.57. The first kappa shape index (κ1) is 22.7. The largest absolute Gasteiger partial charge is 0.453 e. The minimum atomic E-state index is -0.684. The van der Waals surface area contributed by atoms with Crippen molar-refractivity contribution in [2.75, 3.05) is 25.5 Å². The first-order valence-electron chi connectivity index (χ1n) is 9.29. The number of benzene rings is 1. The number of amides is 5. The minimum absolute atomic E-state index is 0.120. The summed E-state index contributed by atoms with van der Waals surface area (Å²) >= 11 is 3.31. The van der Waals surface area contributed by atoms with Gasteiger partial charge in [0.2, 0.25) is 5.91 Å². The molecule has 1 aromatic rings. The van der Waals surface area contributed by atoms with Crippen LogP contribution in [-0.2, 0) is 14.3 Å². The Hall–Kier alpha value is -2.62. The number of ether oxygens (including phenoxy) is 1. The van der Waals surface area contributed by atoms with E-state index < -0.39 is 24.1 Å². The molecule has 0 bridgehead atoms. The Morgan fingerprint density at radius 2 is 2.07 bits per heavy atom. The molecule has 0 aliphatic carbocycles. The van der Waals surface area contributed by atoms with Crippen molar-refractivity contribution in [2.24, 2.45) is 5.92 Å². The summed E-state index contributed by atoms with van der Waals surface area (Å²) in [6.07, 6.45) is 0.805. The van der Waals surface area contributed by atoms with Gasteiger partial charge in [-0.25, -0.2) is 9.59 Å². The highest BCUT2D eigenvalue weighted by Gasteiger charge is 2.35. The van der Waals surface area contributed by atoms with Crippen LogP contribution < -0.4 is 16.0 Å². The quantitative estimate of drug-likeness (QED) is 0.592. The summed E-state index contributed by atoms with van der Waals surface area (Å²) in [5.41, 5.74) is 0.538. The Morgan fingerprint density at radius 1 is 1.31 bits per heavy atom. The first-order chi connectivity index (χ1) is 13.8. The highest BCUT2D eigenvalue weighted by molar-refractivity contribution is 9.10. The normalized spacial score (nSPS) is 16.7. The number of imide groups is 1. The molecule has 1 heterocycles. The Bertz CT molecular complexity index is 773. The summed E-state index contributed by atoms with van der Waals surface area (Å²) in [5.74, 6) is -0.816. The molecule has 2 rings (SSSR count). The second kappa shape index (κ2) is 10.8. The van der Waals surface area contributed by atoms with E-state index in [-0.39, 0.29) is 24.8 Å². The predicted octanol–water partition coefficient (Wildman–Crippen LogP) is 2.47. The van der Waals surface area contributed by atoms with Crippen LogP contribution in [0.2, 0.25) is 0 Å². The van der Waals surface area contributed by atoms with Crippen molar-refractivity contribution < 1.29 is 23.9 Å². The lowest BCUT2D eigenvalue weighted by molar-refractivity contribution is -0.138. The van der Waals surface area contributed by atoms with Crippen LogP contribution in [-0.4, -0.2) is 55.1 Å². The smallest absolute Gasteiger partial charge is 0.406 e. The fraction of sp³-hybridized carbons (Fsp3) is 0.474. The maximum absolute atomic E-state index is 12.6. The summed E-state index contributed by atoms with van der Waals surface area (Å²) < 4.78 is 5.30. The third-order valence-electron chi connectivity index (χ3n) is 4.50. The average molecular weight is 469 g/mol. The van der Waals surface area contributed by atoms with Gasteiger partial charge < -0.3 is 20.3 Å². The van der Waals surface area contributed by atoms with Crippen LogP contribution in [0.25, 0.3) is 0 Å². The average Bonchev–Trinajstić information content (AvgIpc) is 3.16. The number of rotatable bonds is 6. The molecule has 29 heavy (non-hydrogen) atoms. The topological polar surface area (TPSA) is 117 Å². The van der Waals surface area contributed by atoms with Gasteiger partial charge in [0.25, 0.3) is 5.91 Å². The molecule has 1 saturated heterocycles. The van der Waals surface area contributed by atoms with Gasteiger partial charge in [-0.05, 0) is 37.0 Å². The van der Waals surface area contributed by atoms with Crippen molar-refractivity contribution in [1.29, 1.82) is 0 Å². The third-order valence-corrected chi connectivity index (χ3v) is 4.99. The van der Waals surface area contributed by atoms with Crippen LogP contribution in [0.1, 0.15) is 26.2 Å². The van der Waals surface area contributed by atoms with E-state index in [9.17, 15) is 19.2 Å². The third kappa shape index (κ3) is 7.04. The highest BCUT2D eigenvalue weighted by atomic mass is 79.9. The van der Waals surface area contributed by atoms with Crippen molar-refractivity contribution in [3.8, 4) is 0 Å². The van der Waals surface area contributed by atoms with Crippen LogP contribution in [0.5, 0.6) is 0 Å². The Labute approximate surface area is 177 Å². The first-order valence-corrected chi connectivity index (χ1v) is 10.1. The number of carbonyl (C=O) groups excluding carboxylic acids is 4. The van der Waals surface area contributed by atoms with Gasteiger partial charge in [0.05, 0.1) is 7.11 Å². The van der Waals surface area contributed by atoms with E-state index in [2.05, 4.69) is 36.6 Å². The van der Waals surface area contributed by atoms with Crippen molar-refractivity contribution in [3.05, 3.63) is 28.7 Å². The number of nitrogens with one attached hydrogen (secondary N) is 3. The van der Waals surface area contributed by atoms with Crippen molar-refractivity contribution in [2.45, 2.75) is 32.2 Å². The van der Waals surface area contributed by atoms with E-state index in [1.165, 1.54) is 12.0 Å². The van der Waals surface area contributed by atoms with Gasteiger partial charge in [-0.1, -0.05) is 28.9 Å². The Morgan fingerprint density at radius 3 is 2.76 bits per heavy atom. The second-order valence-corrected chi connectivity index (χ2v) is 7.80. The van der Waals surface area contributed by atoms with Crippen molar-refractivity contribution >= 4 is 45.6 Å². The number of alkyl carbamates (subject to hydrolysis) is 1. The SMILES string of the molecule is COC(=O)NC[C@@H](C)CC(=O)N1CCC[C@H]1C(=O)NC(=O)Nc1cccc(Br)c1. The molecule has 0 unspecified atom stereocenters. The fourth-order valence-corrected chi connectivity index (χ4v) is 3.48. The highest BCUT2D eigenvalue weighted by Crippen LogP contribution is 2.20. The molecule has 5 amide bonds. The molecular weight excluding hydrogens is 444 g/mol. The molecule has 0 saturated carbocycles. The van der Waals surface area contributed by atoms with Crippen LogP contribution in [0.15, 0.2) is 28.7 Å². The molecule has 2 atom stereocenters. The summed E-state index contributed by atoms with van der Waals surface area (Å²) in [7, 11) is 1.27. The van der Waals surface area contributed by atoms with Gasteiger partial charge in [0, 0.05) is 29.7 Å². The molecule has 0 spiro atoms. The maximum Gasteiger partial charge on any atom is 0.406 e. The zero-order valence-corrected chi connectivity index (χ0v) is 18.0. The Balaban J connectivity index is 1.86. The number of halogens is 1. The maximum atomic E-state index is 12.6. The Kier molecular flexibility index (Phi) is 8.44. The van der Waals surface area contributed by atoms with E-state index in [1.54, 1.807) is 18.2 Å². The summed E-state index contributed by atoms with van der Waals surface area (Å²) in [4.78, 5) is 49.8. The summed E-state index contributed by atoms with van der Waals surface area (Å²) in [6, 6.07) is 5.65. The van der Waals surface area contributed by atoms with Crippen LogP contribution >= 0.6 is 15.9 Å². The molecule has 158 valence electrons. The van der Waals surface area contributed by atoms with Crippen molar-refractivity contribution in [1.82, 2.24) is 15.5 Å². The monoisotopic (exact) mass is 468 g/mol. The number of anilines is 1. The second-order valence-electron chi connectivity index (χ2n) is 6.88. The molecule has 0 radical (unpaired) electrons. The number of hydrogen-bond donors (Lipinski definition) is 3. The molecule has 1 fully saturated rings. The number of carbonyl (C=O) groups is 4. The zero-order chi connectivity index (χ0) is 21.4. The lowest BCUT2D eigenvalue weighted by atomic mass is 10.1. The van der Waals surface area contributed by atoms with Gasteiger partial charge in [0.1, 0.15) is 6.04 Å². The van der Waals surface area contributed by atoms with E-state index in [0.717, 1.165) is 4.47 Å². The molecule has 1 aliphatic heterocycles. The van der Waals surface area contributed by atoms with Gasteiger partial charge in [-0.15, -0.1) is 0 Å². The molecule has 10 heteroatoms. The fourth-order valence-electron chi connectivity index (χ4n) is 3.08. The van der Waals surface area contributed by atoms with E-state index in [0.29, 0.717) is 25.1 Å². The molecule has 0 aromatic heterocycles. The van der Waals surface area contributed by atoms with Gasteiger partial charge in [0.15, 0.2) is 0 Å². The molecule has 3 N–H and O–H groups in total. The molecule has 1 aromatic carbocycles. The standard InChI is InChI=1S/C19H25BrN4O5/c1-12(11-21-19(28)29-2)9-16(25)24-8-4-7-15(24)17(26)23-18(27)22-14-6-3-5-13(20)10-14/h3,5-6,10,12,15H,4,7-9,11H2,1-2H3,(H,21,28)(H2,22,23,26,27)/t12-,15-/m0/s1.